The molecule has 0 spiro atoms. The summed E-state index contributed by atoms with van der Waals surface area (Å²) in [7, 11) is 0. The molecule has 0 bridgehead atoms. The Hall–Kier alpha value is -1.20. The molecule has 0 aliphatic rings. The average Bonchev–Trinajstić information content (AvgIpc) is 1.94. The Morgan fingerprint density at radius 3 is 2.07 bits per heavy atom. The van der Waals surface area contributed by atoms with E-state index >= 15 is 0 Å². The van der Waals surface area contributed by atoms with Gasteiger partial charge in [-0.1, -0.05) is 0 Å². The monoisotopic (exact) mass is 223 g/mol. The zero-order valence-electron chi connectivity index (χ0n) is 9.14. The zero-order valence-corrected chi connectivity index (χ0v) is 9.14. The van der Waals surface area contributed by atoms with Crippen LogP contribution >= 0.6 is 0 Å². The minimum Gasteiger partial charge on any atom is -0.444 e. The van der Waals surface area contributed by atoms with Crippen LogP contribution in [0.15, 0.2) is 0 Å². The molecular formula is C9H15F2NO3. The Bertz CT molecular complexity index is 243. The lowest BCUT2D eigenvalue weighted by atomic mass is 10.2. The van der Waals surface area contributed by atoms with Gasteiger partial charge in [-0.3, -0.25) is 0 Å². The fraction of sp³-hybridized carbons (Fsp3) is 0.778. The first kappa shape index (κ1) is 13.8. The second kappa shape index (κ2) is 4.55. The molecular weight excluding hydrogens is 208 g/mol. The van der Waals surface area contributed by atoms with Crippen molar-refractivity contribution in [3.8, 4) is 0 Å². The molecule has 0 rings (SSSR count). The topological polar surface area (TPSA) is 55.4 Å². The predicted octanol–water partition coefficient (Wildman–Crippen LogP) is 1.73. The Morgan fingerprint density at radius 1 is 1.33 bits per heavy atom. The highest BCUT2D eigenvalue weighted by molar-refractivity contribution is 5.74. The van der Waals surface area contributed by atoms with Crippen LogP contribution < -0.4 is 5.32 Å². The van der Waals surface area contributed by atoms with Crippen molar-refractivity contribution in [1.29, 1.82) is 0 Å². The number of hydrogen-bond donors (Lipinski definition) is 1. The van der Waals surface area contributed by atoms with E-state index in [1.807, 2.05) is 0 Å². The summed E-state index contributed by atoms with van der Waals surface area (Å²) in [6.45, 7) is 5.31. The van der Waals surface area contributed by atoms with Crippen molar-refractivity contribution in [2.24, 2.45) is 0 Å². The smallest absolute Gasteiger partial charge is 0.408 e. The number of hydrogen-bond acceptors (Lipinski definition) is 3. The summed E-state index contributed by atoms with van der Waals surface area (Å²) in [5, 5.41) is 1.78. The van der Waals surface area contributed by atoms with Gasteiger partial charge in [0.15, 0.2) is 6.04 Å². The summed E-state index contributed by atoms with van der Waals surface area (Å²) < 4.78 is 30.1. The highest BCUT2D eigenvalue weighted by atomic mass is 19.3. The standard InChI is InChI=1S/C9H15F2NO3/c1-8(2,3)15-7(14)12-6(5-13)9(4,10)11/h5-6H,1-4H3,(H,12,14). The van der Waals surface area contributed by atoms with E-state index < -0.39 is 23.7 Å². The van der Waals surface area contributed by atoms with Gasteiger partial charge in [0.25, 0.3) is 5.92 Å². The average molecular weight is 223 g/mol. The molecule has 0 aliphatic heterocycles. The van der Waals surface area contributed by atoms with Crippen molar-refractivity contribution in [3.05, 3.63) is 0 Å². The van der Waals surface area contributed by atoms with E-state index in [2.05, 4.69) is 0 Å². The van der Waals surface area contributed by atoms with Crippen molar-refractivity contribution in [2.75, 3.05) is 0 Å². The maximum Gasteiger partial charge on any atom is 0.408 e. The van der Waals surface area contributed by atoms with Crippen LogP contribution in [0.4, 0.5) is 13.6 Å². The van der Waals surface area contributed by atoms with Crippen molar-refractivity contribution in [2.45, 2.75) is 45.3 Å². The third-order valence-corrected chi connectivity index (χ3v) is 1.35. The molecule has 0 heterocycles. The first-order chi connectivity index (χ1) is 6.56. The van der Waals surface area contributed by atoms with E-state index in [1.54, 1.807) is 26.1 Å². The molecule has 0 fully saturated rings. The van der Waals surface area contributed by atoms with E-state index in [4.69, 9.17) is 4.74 Å². The number of carbonyl (C=O) groups is 2. The Kier molecular flexibility index (Phi) is 4.18. The molecule has 1 N–H and O–H groups in total. The molecule has 0 aromatic carbocycles. The number of ether oxygens (including phenoxy) is 1. The summed E-state index contributed by atoms with van der Waals surface area (Å²) in [5.74, 6) is -3.31. The quantitative estimate of drug-likeness (QED) is 0.741. The lowest BCUT2D eigenvalue weighted by Crippen LogP contribution is -2.48. The van der Waals surface area contributed by atoms with E-state index in [-0.39, 0.29) is 6.29 Å². The fourth-order valence-corrected chi connectivity index (χ4v) is 0.715. The second-order valence-electron chi connectivity index (χ2n) is 4.22. The van der Waals surface area contributed by atoms with Gasteiger partial charge in [-0.25, -0.2) is 13.6 Å². The molecule has 0 saturated heterocycles. The molecule has 88 valence electrons. The molecule has 0 aliphatic carbocycles. The van der Waals surface area contributed by atoms with Gasteiger partial charge in [0, 0.05) is 6.92 Å². The summed E-state index contributed by atoms with van der Waals surface area (Å²) in [5.41, 5.74) is -0.791. The van der Waals surface area contributed by atoms with Gasteiger partial charge >= 0.3 is 6.09 Å². The molecule has 0 saturated carbocycles. The zero-order chi connectivity index (χ0) is 12.3. The fourth-order valence-electron chi connectivity index (χ4n) is 0.715. The summed E-state index contributed by atoms with van der Waals surface area (Å²) >= 11 is 0. The number of aldehydes is 1. The maximum absolute atomic E-state index is 12.7. The van der Waals surface area contributed by atoms with Crippen molar-refractivity contribution >= 4 is 12.4 Å². The summed E-state index contributed by atoms with van der Waals surface area (Å²) in [6.07, 6.45) is -1.06. The third-order valence-electron chi connectivity index (χ3n) is 1.35. The van der Waals surface area contributed by atoms with Crippen molar-refractivity contribution in [3.63, 3.8) is 0 Å². The third kappa shape index (κ3) is 5.98. The van der Waals surface area contributed by atoms with E-state index in [0.29, 0.717) is 6.92 Å². The highest BCUT2D eigenvalue weighted by Gasteiger charge is 2.36. The van der Waals surface area contributed by atoms with E-state index in [1.165, 1.54) is 0 Å². The number of amides is 1. The molecule has 1 atom stereocenters. The van der Waals surface area contributed by atoms with Gasteiger partial charge in [0.1, 0.15) is 11.9 Å². The van der Waals surface area contributed by atoms with Gasteiger partial charge < -0.3 is 14.8 Å². The molecule has 4 nitrogen and oxygen atoms in total. The normalized spacial score (nSPS) is 14.3. The Labute approximate surface area is 87.0 Å². The molecule has 0 radical (unpaired) electrons. The Morgan fingerprint density at radius 2 is 1.80 bits per heavy atom. The van der Waals surface area contributed by atoms with Gasteiger partial charge in [-0.05, 0) is 20.8 Å². The van der Waals surface area contributed by atoms with Crippen molar-refractivity contribution in [1.82, 2.24) is 5.32 Å². The first-order valence-electron chi connectivity index (χ1n) is 4.39. The largest absolute Gasteiger partial charge is 0.444 e. The number of nitrogens with one attached hydrogen (secondary N) is 1. The van der Waals surface area contributed by atoms with Crippen LogP contribution in [0.3, 0.4) is 0 Å². The lowest BCUT2D eigenvalue weighted by Gasteiger charge is -2.23. The van der Waals surface area contributed by atoms with Crippen LogP contribution in [0.1, 0.15) is 27.7 Å². The maximum atomic E-state index is 12.7. The van der Waals surface area contributed by atoms with Crippen LogP contribution in [0.2, 0.25) is 0 Å². The minimum atomic E-state index is -3.31. The highest BCUT2D eigenvalue weighted by Crippen LogP contribution is 2.16. The van der Waals surface area contributed by atoms with Gasteiger partial charge in [-0.15, -0.1) is 0 Å². The second-order valence-corrected chi connectivity index (χ2v) is 4.22. The molecule has 15 heavy (non-hydrogen) atoms. The van der Waals surface area contributed by atoms with Crippen LogP contribution in [-0.4, -0.2) is 29.9 Å². The first-order valence-corrected chi connectivity index (χ1v) is 4.39. The SMILES string of the molecule is CC(C)(C)OC(=O)NC(C=O)C(C)(F)F. The lowest BCUT2D eigenvalue weighted by molar-refractivity contribution is -0.118. The molecule has 0 aromatic rings. The van der Waals surface area contributed by atoms with Gasteiger partial charge in [-0.2, -0.15) is 0 Å². The van der Waals surface area contributed by atoms with Crippen molar-refractivity contribution < 1.29 is 23.1 Å². The summed E-state index contributed by atoms with van der Waals surface area (Å²) in [6, 6.07) is -1.87. The number of halogens is 2. The predicted molar refractivity (Wildman–Crippen MR) is 49.8 cm³/mol. The van der Waals surface area contributed by atoms with Crippen LogP contribution in [0, 0.1) is 0 Å². The Balaban J connectivity index is 4.33. The number of rotatable bonds is 3. The van der Waals surface area contributed by atoms with Crippen LogP contribution in [0.5, 0.6) is 0 Å². The molecule has 6 heteroatoms. The number of alkyl carbamates (subject to hydrolysis) is 1. The van der Waals surface area contributed by atoms with Crippen LogP contribution in [0.25, 0.3) is 0 Å². The molecule has 1 amide bonds. The van der Waals surface area contributed by atoms with Crippen LogP contribution in [-0.2, 0) is 9.53 Å². The molecule has 0 aromatic heterocycles. The van der Waals surface area contributed by atoms with E-state index in [0.717, 1.165) is 0 Å². The number of alkyl halides is 2. The van der Waals surface area contributed by atoms with Gasteiger partial charge in [0.05, 0.1) is 0 Å². The van der Waals surface area contributed by atoms with Gasteiger partial charge in [0.2, 0.25) is 0 Å². The summed E-state index contributed by atoms with van der Waals surface area (Å²) in [4.78, 5) is 21.4. The van der Waals surface area contributed by atoms with E-state index in [9.17, 15) is 18.4 Å². The number of carbonyl (C=O) groups excluding carboxylic acids is 2. The minimum absolute atomic E-state index is 0.0239. The molecule has 1 unspecified atom stereocenters.